The first-order valence-electron chi connectivity index (χ1n) is 4.95. The summed E-state index contributed by atoms with van der Waals surface area (Å²) in [6.45, 7) is -0.311. The number of hydrogen-bond acceptors (Lipinski definition) is 3. The van der Waals surface area contributed by atoms with Gasteiger partial charge in [-0.05, 0) is 24.1 Å². The number of sulfonamides is 1. The van der Waals surface area contributed by atoms with Gasteiger partial charge in [0.25, 0.3) is 0 Å². The minimum atomic E-state index is -5.27. The molecule has 1 aromatic rings. The van der Waals surface area contributed by atoms with E-state index in [1.54, 1.807) is 24.3 Å². The Labute approximate surface area is 103 Å². The lowest BCUT2D eigenvalue weighted by Gasteiger charge is -2.09. The Morgan fingerprint density at radius 3 is 2.22 bits per heavy atom. The van der Waals surface area contributed by atoms with Gasteiger partial charge in [0.15, 0.2) is 0 Å². The van der Waals surface area contributed by atoms with Crippen LogP contribution in [0.15, 0.2) is 24.3 Å². The molecule has 0 spiro atoms. The SMILES string of the molecule is COc1ccc(CCNS(=O)(=O)C(F)(F)F)cc1. The molecule has 0 atom stereocenters. The van der Waals surface area contributed by atoms with Gasteiger partial charge in [0.1, 0.15) is 5.75 Å². The summed E-state index contributed by atoms with van der Waals surface area (Å²) in [5.41, 5.74) is -4.56. The van der Waals surface area contributed by atoms with E-state index in [0.29, 0.717) is 11.3 Å². The third kappa shape index (κ3) is 3.88. The Kier molecular flexibility index (Phi) is 4.58. The zero-order valence-corrected chi connectivity index (χ0v) is 10.3. The van der Waals surface area contributed by atoms with Crippen molar-refractivity contribution in [3.8, 4) is 5.75 Å². The second-order valence-corrected chi connectivity index (χ2v) is 5.20. The second kappa shape index (κ2) is 5.57. The van der Waals surface area contributed by atoms with E-state index in [1.165, 1.54) is 11.8 Å². The average molecular weight is 283 g/mol. The van der Waals surface area contributed by atoms with E-state index >= 15 is 0 Å². The highest BCUT2D eigenvalue weighted by molar-refractivity contribution is 7.90. The predicted molar refractivity (Wildman–Crippen MR) is 59.7 cm³/mol. The van der Waals surface area contributed by atoms with Gasteiger partial charge in [-0.2, -0.15) is 13.2 Å². The van der Waals surface area contributed by atoms with E-state index in [1.807, 2.05) is 0 Å². The van der Waals surface area contributed by atoms with Crippen molar-refractivity contribution in [3.05, 3.63) is 29.8 Å². The maximum absolute atomic E-state index is 12.0. The summed E-state index contributed by atoms with van der Waals surface area (Å²) in [4.78, 5) is 0. The van der Waals surface area contributed by atoms with Crippen molar-refractivity contribution in [1.29, 1.82) is 0 Å². The van der Waals surface area contributed by atoms with Crippen molar-refractivity contribution < 1.29 is 26.3 Å². The monoisotopic (exact) mass is 283 g/mol. The standard InChI is InChI=1S/C10H12F3NO3S/c1-17-9-4-2-8(3-5-9)6-7-14-18(15,16)10(11,12)13/h2-5,14H,6-7H2,1H3. The molecule has 0 heterocycles. The molecule has 0 aliphatic carbocycles. The lowest BCUT2D eigenvalue weighted by atomic mass is 10.1. The van der Waals surface area contributed by atoms with Gasteiger partial charge in [0, 0.05) is 6.54 Å². The van der Waals surface area contributed by atoms with Gasteiger partial charge in [-0.3, -0.25) is 0 Å². The molecule has 0 aromatic heterocycles. The van der Waals surface area contributed by atoms with Crippen LogP contribution in [-0.4, -0.2) is 27.6 Å². The molecule has 18 heavy (non-hydrogen) atoms. The molecule has 0 fully saturated rings. The van der Waals surface area contributed by atoms with Gasteiger partial charge in [0.2, 0.25) is 0 Å². The summed E-state index contributed by atoms with van der Waals surface area (Å²) < 4.78 is 63.8. The first-order valence-corrected chi connectivity index (χ1v) is 6.43. The number of ether oxygens (including phenoxy) is 1. The van der Waals surface area contributed by atoms with Crippen LogP contribution in [0.5, 0.6) is 5.75 Å². The van der Waals surface area contributed by atoms with E-state index in [2.05, 4.69) is 0 Å². The van der Waals surface area contributed by atoms with Gasteiger partial charge < -0.3 is 4.74 Å². The van der Waals surface area contributed by atoms with Crippen LogP contribution in [0.3, 0.4) is 0 Å². The largest absolute Gasteiger partial charge is 0.511 e. The van der Waals surface area contributed by atoms with Gasteiger partial charge in [0.05, 0.1) is 7.11 Å². The van der Waals surface area contributed by atoms with Crippen molar-refractivity contribution >= 4 is 10.0 Å². The van der Waals surface area contributed by atoms with Gasteiger partial charge in [-0.15, -0.1) is 0 Å². The maximum atomic E-state index is 12.0. The summed E-state index contributed by atoms with van der Waals surface area (Å²) in [7, 11) is -3.76. The van der Waals surface area contributed by atoms with Gasteiger partial charge >= 0.3 is 15.5 Å². The summed E-state index contributed by atoms with van der Waals surface area (Å²) in [5, 5.41) is 0. The van der Waals surface area contributed by atoms with Crippen LogP contribution in [0.4, 0.5) is 13.2 Å². The molecular weight excluding hydrogens is 271 g/mol. The Morgan fingerprint density at radius 2 is 1.78 bits per heavy atom. The van der Waals surface area contributed by atoms with E-state index in [-0.39, 0.29) is 13.0 Å². The molecular formula is C10H12F3NO3S. The first-order chi connectivity index (χ1) is 8.26. The Morgan fingerprint density at radius 1 is 1.22 bits per heavy atom. The van der Waals surface area contributed by atoms with Crippen LogP contribution in [0, 0.1) is 0 Å². The molecule has 0 aliphatic heterocycles. The fourth-order valence-corrected chi connectivity index (χ4v) is 1.74. The number of alkyl halides is 3. The van der Waals surface area contributed by atoms with Crippen molar-refractivity contribution in [2.24, 2.45) is 0 Å². The minimum Gasteiger partial charge on any atom is -0.497 e. The fourth-order valence-electron chi connectivity index (χ4n) is 1.20. The molecule has 1 aromatic carbocycles. The van der Waals surface area contributed by atoms with Crippen molar-refractivity contribution in [2.45, 2.75) is 11.9 Å². The lowest BCUT2D eigenvalue weighted by Crippen LogP contribution is -2.37. The fraction of sp³-hybridized carbons (Fsp3) is 0.400. The van der Waals surface area contributed by atoms with E-state index < -0.39 is 15.5 Å². The lowest BCUT2D eigenvalue weighted by molar-refractivity contribution is -0.0447. The van der Waals surface area contributed by atoms with Gasteiger partial charge in [-0.25, -0.2) is 13.1 Å². The highest BCUT2D eigenvalue weighted by atomic mass is 32.2. The summed E-state index contributed by atoms with van der Waals surface area (Å²) in [5.74, 6) is 0.620. The molecule has 4 nitrogen and oxygen atoms in total. The average Bonchev–Trinajstić information content (AvgIpc) is 2.28. The van der Waals surface area contributed by atoms with Crippen LogP contribution in [0.2, 0.25) is 0 Å². The molecule has 102 valence electrons. The normalized spacial score (nSPS) is 12.4. The number of methoxy groups -OCH3 is 1. The molecule has 1 N–H and O–H groups in total. The molecule has 0 bridgehead atoms. The van der Waals surface area contributed by atoms with Crippen molar-refractivity contribution in [3.63, 3.8) is 0 Å². The summed E-state index contributed by atoms with van der Waals surface area (Å²) in [6, 6.07) is 6.60. The number of hydrogen-bond donors (Lipinski definition) is 1. The third-order valence-corrected chi connectivity index (χ3v) is 3.36. The Balaban J connectivity index is 2.52. The summed E-state index contributed by atoms with van der Waals surface area (Å²) >= 11 is 0. The van der Waals surface area contributed by atoms with E-state index in [0.717, 1.165) is 0 Å². The molecule has 0 amide bonds. The van der Waals surface area contributed by atoms with Crippen LogP contribution in [0.1, 0.15) is 5.56 Å². The van der Waals surface area contributed by atoms with E-state index in [9.17, 15) is 21.6 Å². The molecule has 8 heteroatoms. The highest BCUT2D eigenvalue weighted by Gasteiger charge is 2.45. The molecule has 0 aliphatic rings. The quantitative estimate of drug-likeness (QED) is 0.894. The molecule has 0 saturated heterocycles. The minimum absolute atomic E-state index is 0.166. The molecule has 0 unspecified atom stereocenters. The van der Waals surface area contributed by atoms with Crippen LogP contribution >= 0.6 is 0 Å². The third-order valence-electron chi connectivity index (χ3n) is 2.17. The molecule has 1 rings (SSSR count). The van der Waals surface area contributed by atoms with E-state index in [4.69, 9.17) is 4.74 Å². The van der Waals surface area contributed by atoms with Gasteiger partial charge in [-0.1, -0.05) is 12.1 Å². The first kappa shape index (κ1) is 14.8. The number of benzene rings is 1. The molecule has 0 saturated carbocycles. The highest BCUT2D eigenvalue weighted by Crippen LogP contribution is 2.21. The van der Waals surface area contributed by atoms with Crippen LogP contribution in [-0.2, 0) is 16.4 Å². The van der Waals surface area contributed by atoms with Crippen LogP contribution in [0.25, 0.3) is 0 Å². The topological polar surface area (TPSA) is 55.4 Å². The second-order valence-electron chi connectivity index (χ2n) is 3.44. The zero-order chi connectivity index (χ0) is 13.8. The zero-order valence-electron chi connectivity index (χ0n) is 9.49. The number of rotatable bonds is 5. The predicted octanol–water partition coefficient (Wildman–Crippen LogP) is 1.68. The maximum Gasteiger partial charge on any atom is 0.511 e. The Bertz CT molecular complexity index is 482. The smallest absolute Gasteiger partial charge is 0.497 e. The molecule has 0 radical (unpaired) electrons. The number of halogens is 3. The number of nitrogens with one attached hydrogen (secondary N) is 1. The van der Waals surface area contributed by atoms with Crippen molar-refractivity contribution in [1.82, 2.24) is 4.72 Å². The summed E-state index contributed by atoms with van der Waals surface area (Å²) in [6.07, 6.45) is 0.166. The van der Waals surface area contributed by atoms with Crippen LogP contribution < -0.4 is 9.46 Å². The Hall–Kier alpha value is -1.28. The van der Waals surface area contributed by atoms with Crippen molar-refractivity contribution in [2.75, 3.05) is 13.7 Å².